The predicted molar refractivity (Wildman–Crippen MR) is 95.0 cm³/mol. The van der Waals surface area contributed by atoms with Gasteiger partial charge in [-0.15, -0.1) is 0 Å². The van der Waals surface area contributed by atoms with Crippen LogP contribution >= 0.6 is 0 Å². The first kappa shape index (κ1) is 19.2. The number of rotatable bonds is 2. The molecule has 1 saturated heterocycles. The zero-order chi connectivity index (χ0) is 19.4. The largest absolute Gasteiger partial charge is 0.494 e. The lowest BCUT2D eigenvalue weighted by molar-refractivity contribution is -0.143. The van der Waals surface area contributed by atoms with Crippen molar-refractivity contribution in [1.29, 1.82) is 0 Å². The molecule has 2 atom stereocenters. The summed E-state index contributed by atoms with van der Waals surface area (Å²) in [4.78, 5) is 18.2. The Morgan fingerprint density at radius 1 is 1.22 bits per heavy atom. The van der Waals surface area contributed by atoms with Crippen LogP contribution in [0.4, 0.5) is 8.78 Å². The smallest absolute Gasteiger partial charge is 0.252 e. The Morgan fingerprint density at radius 3 is 2.63 bits per heavy atom. The molecule has 27 heavy (non-hydrogen) atoms. The van der Waals surface area contributed by atoms with Gasteiger partial charge in [0.2, 0.25) is 5.82 Å². The fourth-order valence-electron chi connectivity index (χ4n) is 3.21. The molecular weight excluding hydrogens is 354 g/mol. The van der Waals surface area contributed by atoms with Crippen LogP contribution in [0.15, 0.2) is 36.7 Å². The first-order valence-corrected chi connectivity index (χ1v) is 8.83. The van der Waals surface area contributed by atoms with Gasteiger partial charge in [0.15, 0.2) is 11.6 Å². The molecule has 0 bridgehead atoms. The topological polar surface area (TPSA) is 51.7 Å². The number of nitrogens with zero attached hydrogens (tertiary/aromatic N) is 2. The van der Waals surface area contributed by atoms with Gasteiger partial charge >= 0.3 is 0 Å². The Morgan fingerprint density at radius 2 is 2.00 bits per heavy atom. The predicted octanol–water partition coefficient (Wildman–Crippen LogP) is 3.46. The molecule has 0 saturated carbocycles. The second-order valence-corrected chi connectivity index (χ2v) is 6.61. The molecule has 2 aliphatic heterocycles. The Balaban J connectivity index is 0.000000180. The summed E-state index contributed by atoms with van der Waals surface area (Å²) in [6.45, 7) is 3.40. The molecule has 0 N–H and O–H groups in total. The lowest BCUT2D eigenvalue weighted by atomic mass is 10.2. The second-order valence-electron chi connectivity index (χ2n) is 6.61. The van der Waals surface area contributed by atoms with Crippen LogP contribution in [0, 0.1) is 11.6 Å². The number of carbonyl (C=O) groups is 1. The van der Waals surface area contributed by atoms with Gasteiger partial charge in [0.25, 0.3) is 5.91 Å². The van der Waals surface area contributed by atoms with E-state index < -0.39 is 11.6 Å². The summed E-state index contributed by atoms with van der Waals surface area (Å²) < 4.78 is 35.0. The third kappa shape index (κ3) is 4.42. The minimum Gasteiger partial charge on any atom is -0.494 e. The number of methoxy groups -OCH3 is 1. The van der Waals surface area contributed by atoms with E-state index in [2.05, 4.69) is 9.72 Å². The molecule has 7 heteroatoms. The van der Waals surface area contributed by atoms with Crippen molar-refractivity contribution in [2.24, 2.45) is 0 Å². The van der Waals surface area contributed by atoms with Crippen molar-refractivity contribution >= 4 is 5.91 Å². The van der Waals surface area contributed by atoms with Gasteiger partial charge in [-0.3, -0.25) is 9.78 Å². The molecule has 1 fully saturated rings. The number of aromatic nitrogens is 1. The average molecular weight is 376 g/mol. The molecule has 2 aromatic rings. The van der Waals surface area contributed by atoms with Crippen molar-refractivity contribution in [1.82, 2.24) is 9.88 Å². The molecule has 1 aromatic carbocycles. The van der Waals surface area contributed by atoms with E-state index in [-0.39, 0.29) is 23.9 Å². The standard InChI is InChI=1S/C13H16N2O2.C7H6F2O/c1-9-2-3-12(17-9)13(16)15-7-10-4-5-14-6-11(10)8-15;1-10-6-4-2-3-5(8)7(6)9/h4-6,9,12H,2-3,7-8H2,1H3;2-4H,1H3. The summed E-state index contributed by atoms with van der Waals surface area (Å²) >= 11 is 0. The van der Waals surface area contributed by atoms with Crippen molar-refractivity contribution in [3.8, 4) is 5.75 Å². The van der Waals surface area contributed by atoms with Crippen LogP contribution < -0.4 is 4.74 Å². The molecule has 1 amide bonds. The van der Waals surface area contributed by atoms with Crippen molar-refractivity contribution in [3.05, 3.63) is 59.4 Å². The van der Waals surface area contributed by atoms with E-state index in [1.54, 1.807) is 6.20 Å². The SMILES string of the molecule is CC1CCC(C(=O)N2Cc3ccncc3C2)O1.COc1cccc(F)c1F. The molecule has 0 aliphatic carbocycles. The van der Waals surface area contributed by atoms with E-state index in [0.29, 0.717) is 13.1 Å². The lowest BCUT2D eigenvalue weighted by Crippen LogP contribution is -2.35. The van der Waals surface area contributed by atoms with Crippen LogP contribution in [-0.4, -0.2) is 35.1 Å². The monoisotopic (exact) mass is 376 g/mol. The highest BCUT2D eigenvalue weighted by Crippen LogP contribution is 2.26. The fourth-order valence-corrected chi connectivity index (χ4v) is 3.21. The van der Waals surface area contributed by atoms with Gasteiger partial charge in [-0.05, 0) is 49.1 Å². The Kier molecular flexibility index (Phi) is 6.01. The van der Waals surface area contributed by atoms with E-state index in [9.17, 15) is 13.6 Å². The van der Waals surface area contributed by atoms with Crippen LogP contribution in [-0.2, 0) is 22.6 Å². The molecule has 2 unspecified atom stereocenters. The van der Waals surface area contributed by atoms with Crippen molar-refractivity contribution in [2.75, 3.05) is 7.11 Å². The number of amides is 1. The summed E-state index contributed by atoms with van der Waals surface area (Å²) in [5.74, 6) is -1.77. The highest BCUT2D eigenvalue weighted by Gasteiger charge is 2.33. The molecule has 144 valence electrons. The highest BCUT2D eigenvalue weighted by molar-refractivity contribution is 5.81. The summed E-state index contributed by atoms with van der Waals surface area (Å²) in [5.41, 5.74) is 2.37. The maximum absolute atomic E-state index is 12.5. The number of carbonyl (C=O) groups excluding carboxylic acids is 1. The molecule has 1 aromatic heterocycles. The maximum Gasteiger partial charge on any atom is 0.252 e. The lowest BCUT2D eigenvalue weighted by Gasteiger charge is -2.19. The molecule has 5 nitrogen and oxygen atoms in total. The first-order valence-electron chi connectivity index (χ1n) is 8.83. The fraction of sp³-hybridized carbons (Fsp3) is 0.400. The van der Waals surface area contributed by atoms with Crippen molar-refractivity contribution in [2.45, 2.75) is 45.1 Å². The van der Waals surface area contributed by atoms with E-state index in [4.69, 9.17) is 4.74 Å². The van der Waals surface area contributed by atoms with E-state index in [1.807, 2.05) is 24.1 Å². The summed E-state index contributed by atoms with van der Waals surface area (Å²) in [7, 11) is 1.29. The maximum atomic E-state index is 12.5. The average Bonchev–Trinajstić information content (AvgIpc) is 3.30. The van der Waals surface area contributed by atoms with Gasteiger partial charge < -0.3 is 14.4 Å². The first-order chi connectivity index (χ1) is 13.0. The van der Waals surface area contributed by atoms with Crippen LogP contribution in [0.25, 0.3) is 0 Å². The normalized spacial score (nSPS) is 20.7. The molecule has 0 spiro atoms. The Bertz CT molecular complexity index is 791. The Hall–Kier alpha value is -2.54. The third-order valence-corrected chi connectivity index (χ3v) is 4.68. The van der Waals surface area contributed by atoms with Gasteiger partial charge in [0.1, 0.15) is 6.10 Å². The number of pyridine rings is 1. The molecule has 3 heterocycles. The zero-order valence-corrected chi connectivity index (χ0v) is 15.3. The zero-order valence-electron chi connectivity index (χ0n) is 15.3. The minimum atomic E-state index is -0.940. The minimum absolute atomic E-state index is 0.0694. The molecule has 0 radical (unpaired) electrons. The van der Waals surface area contributed by atoms with E-state index in [1.165, 1.54) is 24.8 Å². The number of benzene rings is 1. The third-order valence-electron chi connectivity index (χ3n) is 4.68. The number of ether oxygens (including phenoxy) is 2. The van der Waals surface area contributed by atoms with Gasteiger partial charge in [-0.25, -0.2) is 4.39 Å². The molecule has 2 aliphatic rings. The summed E-state index contributed by atoms with van der Waals surface area (Å²) in [5, 5.41) is 0. The summed E-state index contributed by atoms with van der Waals surface area (Å²) in [6, 6.07) is 5.77. The molecular formula is C20H22F2N2O3. The van der Waals surface area contributed by atoms with Crippen molar-refractivity contribution in [3.63, 3.8) is 0 Å². The van der Waals surface area contributed by atoms with E-state index >= 15 is 0 Å². The highest BCUT2D eigenvalue weighted by atomic mass is 19.2. The number of halogens is 2. The second kappa shape index (κ2) is 8.43. The molecule has 4 rings (SSSR count). The van der Waals surface area contributed by atoms with Crippen LogP contribution in [0.5, 0.6) is 5.75 Å². The number of hydrogen-bond acceptors (Lipinski definition) is 4. The summed E-state index contributed by atoms with van der Waals surface area (Å²) in [6.07, 6.45) is 5.45. The number of hydrogen-bond donors (Lipinski definition) is 0. The number of fused-ring (bicyclic) bond motifs is 1. The van der Waals surface area contributed by atoms with Gasteiger partial charge in [0, 0.05) is 25.5 Å². The van der Waals surface area contributed by atoms with Gasteiger partial charge in [-0.2, -0.15) is 4.39 Å². The quantitative estimate of drug-likeness (QED) is 0.805. The van der Waals surface area contributed by atoms with Gasteiger partial charge in [0.05, 0.1) is 13.2 Å². The van der Waals surface area contributed by atoms with Crippen molar-refractivity contribution < 1.29 is 23.0 Å². The van der Waals surface area contributed by atoms with Gasteiger partial charge in [-0.1, -0.05) is 6.07 Å². The van der Waals surface area contributed by atoms with Crippen LogP contribution in [0.2, 0.25) is 0 Å². The van der Waals surface area contributed by atoms with E-state index in [0.717, 1.165) is 24.5 Å². The van der Waals surface area contributed by atoms with Crippen LogP contribution in [0.1, 0.15) is 30.9 Å². The Labute approximate surface area is 156 Å². The van der Waals surface area contributed by atoms with Crippen LogP contribution in [0.3, 0.4) is 0 Å².